The second-order valence-corrected chi connectivity index (χ2v) is 8.99. The molecule has 0 fully saturated rings. The highest BCUT2D eigenvalue weighted by Crippen LogP contribution is 2.37. The van der Waals surface area contributed by atoms with Gasteiger partial charge in [-0.3, -0.25) is 9.59 Å². The molecule has 0 saturated heterocycles. The van der Waals surface area contributed by atoms with Crippen molar-refractivity contribution < 1.29 is 31.2 Å². The average Bonchev–Trinajstić information content (AvgIpc) is 2.71. The number of sulfonamides is 1. The van der Waals surface area contributed by atoms with Gasteiger partial charge in [0.05, 0.1) is 10.5 Å². The van der Waals surface area contributed by atoms with E-state index in [0.29, 0.717) is 15.1 Å². The minimum Gasteiger partial charge on any atom is -0.325 e. The second-order valence-electron chi connectivity index (χ2n) is 7.05. The van der Waals surface area contributed by atoms with Crippen molar-refractivity contribution in [3.63, 3.8) is 0 Å². The molecule has 1 N–H and O–H groups in total. The van der Waals surface area contributed by atoms with Crippen LogP contribution in [0.1, 0.15) is 17.0 Å². The average molecular weight is 448 g/mol. The Bertz CT molecular complexity index is 1340. The standard InChI is InChI=1S/C21H15F3N2O4S/c1-26-20(28)18(19(27)25-15-8-4-7-14(11-15)21(22,23)24)16-9-12-5-2-3-6-13(12)10-17(16)31(26,29)30/h2-11,18H,1H3,(H,25,27). The van der Waals surface area contributed by atoms with Gasteiger partial charge in [-0.15, -0.1) is 0 Å². The molecule has 31 heavy (non-hydrogen) atoms. The van der Waals surface area contributed by atoms with Gasteiger partial charge in [-0.1, -0.05) is 30.3 Å². The van der Waals surface area contributed by atoms with Crippen molar-refractivity contribution in [2.75, 3.05) is 12.4 Å². The predicted molar refractivity (Wildman–Crippen MR) is 107 cm³/mol. The molecule has 6 nitrogen and oxygen atoms in total. The maximum Gasteiger partial charge on any atom is 0.416 e. The van der Waals surface area contributed by atoms with Crippen molar-refractivity contribution in [2.45, 2.75) is 17.0 Å². The Morgan fingerprint density at radius 1 is 1.00 bits per heavy atom. The highest BCUT2D eigenvalue weighted by Gasteiger charge is 2.45. The van der Waals surface area contributed by atoms with Crippen LogP contribution in [0.2, 0.25) is 0 Å². The first-order chi connectivity index (χ1) is 14.5. The normalized spacial score (nSPS) is 18.0. The Kier molecular flexibility index (Phi) is 4.77. The number of benzene rings is 3. The van der Waals surface area contributed by atoms with Gasteiger partial charge in [-0.25, -0.2) is 12.7 Å². The Morgan fingerprint density at radius 3 is 2.29 bits per heavy atom. The van der Waals surface area contributed by atoms with E-state index in [2.05, 4.69) is 5.32 Å². The van der Waals surface area contributed by atoms with Crippen LogP contribution in [0.25, 0.3) is 10.8 Å². The summed E-state index contributed by atoms with van der Waals surface area (Å²) in [4.78, 5) is 25.6. The predicted octanol–water partition coefficient (Wildman–Crippen LogP) is 3.74. The molecule has 0 aliphatic carbocycles. The van der Waals surface area contributed by atoms with E-state index in [1.54, 1.807) is 24.3 Å². The van der Waals surface area contributed by atoms with Crippen molar-refractivity contribution in [1.82, 2.24) is 4.31 Å². The fourth-order valence-corrected chi connectivity index (χ4v) is 4.90. The number of hydrogen-bond donors (Lipinski definition) is 1. The van der Waals surface area contributed by atoms with Crippen LogP contribution in [0.5, 0.6) is 0 Å². The van der Waals surface area contributed by atoms with E-state index in [1.807, 2.05) is 0 Å². The van der Waals surface area contributed by atoms with Crippen LogP contribution in [0, 0.1) is 0 Å². The molecule has 1 unspecified atom stereocenters. The van der Waals surface area contributed by atoms with Crippen molar-refractivity contribution in [1.29, 1.82) is 0 Å². The van der Waals surface area contributed by atoms with Gasteiger partial charge < -0.3 is 5.32 Å². The van der Waals surface area contributed by atoms with Crippen LogP contribution in [0.3, 0.4) is 0 Å². The molecule has 10 heteroatoms. The molecule has 0 spiro atoms. The third-order valence-corrected chi connectivity index (χ3v) is 6.91. The fourth-order valence-electron chi connectivity index (χ4n) is 3.51. The number of nitrogens with zero attached hydrogens (tertiary/aromatic N) is 1. The maximum absolute atomic E-state index is 13.0. The van der Waals surface area contributed by atoms with Gasteiger partial charge in [0.1, 0.15) is 5.92 Å². The summed E-state index contributed by atoms with van der Waals surface area (Å²) in [5.74, 6) is -3.46. The summed E-state index contributed by atoms with van der Waals surface area (Å²) < 4.78 is 65.0. The van der Waals surface area contributed by atoms with Crippen molar-refractivity contribution in [3.05, 3.63) is 71.8 Å². The molecule has 3 aromatic rings. The van der Waals surface area contributed by atoms with E-state index in [9.17, 15) is 31.2 Å². The maximum atomic E-state index is 13.0. The lowest BCUT2D eigenvalue weighted by Crippen LogP contribution is -2.45. The van der Waals surface area contributed by atoms with E-state index in [4.69, 9.17) is 0 Å². The topological polar surface area (TPSA) is 83.6 Å². The second kappa shape index (κ2) is 7.09. The molecule has 1 aliphatic heterocycles. The molecular weight excluding hydrogens is 433 g/mol. The zero-order valence-electron chi connectivity index (χ0n) is 16.0. The monoisotopic (exact) mass is 448 g/mol. The molecule has 0 saturated carbocycles. The Morgan fingerprint density at radius 2 is 1.65 bits per heavy atom. The number of halogens is 3. The zero-order chi connectivity index (χ0) is 22.6. The van der Waals surface area contributed by atoms with Gasteiger partial charge in [-0.05, 0) is 46.7 Å². The van der Waals surface area contributed by atoms with Gasteiger partial charge in [0.2, 0.25) is 5.91 Å². The summed E-state index contributed by atoms with van der Waals surface area (Å²) in [5, 5.41) is 3.53. The third-order valence-electron chi connectivity index (χ3n) is 5.10. The molecule has 1 aliphatic rings. The van der Waals surface area contributed by atoms with Gasteiger partial charge in [0.25, 0.3) is 15.9 Å². The fraction of sp³-hybridized carbons (Fsp3) is 0.143. The number of nitrogens with one attached hydrogen (secondary N) is 1. The molecule has 1 atom stereocenters. The number of fused-ring (bicyclic) bond motifs is 2. The molecule has 1 heterocycles. The number of likely N-dealkylation sites (N-methyl/N-ethyl adjacent to an activating group) is 1. The molecule has 2 amide bonds. The van der Waals surface area contributed by atoms with Crippen LogP contribution in [0.15, 0.2) is 65.6 Å². The summed E-state index contributed by atoms with van der Waals surface area (Å²) >= 11 is 0. The van der Waals surface area contributed by atoms with Crippen LogP contribution in [-0.4, -0.2) is 31.6 Å². The lowest BCUT2D eigenvalue weighted by atomic mass is 9.94. The number of rotatable bonds is 2. The zero-order valence-corrected chi connectivity index (χ0v) is 16.8. The third kappa shape index (κ3) is 3.52. The Hall–Kier alpha value is -3.40. The number of carbonyl (C=O) groups excluding carboxylic acids is 2. The summed E-state index contributed by atoms with van der Waals surface area (Å²) in [6, 6.07) is 13.6. The minimum atomic E-state index is -4.61. The first-order valence-corrected chi connectivity index (χ1v) is 10.5. The van der Waals surface area contributed by atoms with E-state index >= 15 is 0 Å². The molecule has 0 aromatic heterocycles. The Balaban J connectivity index is 1.81. The smallest absolute Gasteiger partial charge is 0.325 e. The molecule has 0 radical (unpaired) electrons. The van der Waals surface area contributed by atoms with Gasteiger partial charge in [-0.2, -0.15) is 13.2 Å². The van der Waals surface area contributed by atoms with E-state index in [0.717, 1.165) is 25.2 Å². The molecular formula is C21H15F3N2O4S. The molecule has 0 bridgehead atoms. The van der Waals surface area contributed by atoms with E-state index in [-0.39, 0.29) is 16.1 Å². The van der Waals surface area contributed by atoms with E-state index < -0.39 is 39.5 Å². The highest BCUT2D eigenvalue weighted by atomic mass is 32.2. The molecule has 160 valence electrons. The van der Waals surface area contributed by atoms with Crippen LogP contribution >= 0.6 is 0 Å². The van der Waals surface area contributed by atoms with Gasteiger partial charge >= 0.3 is 6.18 Å². The summed E-state index contributed by atoms with van der Waals surface area (Å²) in [6.07, 6.45) is -4.61. The highest BCUT2D eigenvalue weighted by molar-refractivity contribution is 7.89. The van der Waals surface area contributed by atoms with Crippen LogP contribution < -0.4 is 5.32 Å². The van der Waals surface area contributed by atoms with Crippen LogP contribution in [-0.2, 0) is 25.8 Å². The summed E-state index contributed by atoms with van der Waals surface area (Å²) in [7, 11) is -3.13. The van der Waals surface area contributed by atoms with Gasteiger partial charge in [0, 0.05) is 12.7 Å². The first kappa shape index (κ1) is 20.9. The number of amides is 2. The molecule has 4 rings (SSSR count). The SMILES string of the molecule is CN1C(=O)C(C(=O)Nc2cccc(C(F)(F)F)c2)c2cc3ccccc3cc2S1(=O)=O. The lowest BCUT2D eigenvalue weighted by molar-refractivity contribution is -0.138. The summed E-state index contributed by atoms with van der Waals surface area (Å²) in [5.41, 5.74) is -1.15. The number of alkyl halides is 3. The number of anilines is 1. The summed E-state index contributed by atoms with van der Waals surface area (Å²) in [6.45, 7) is 0. The van der Waals surface area contributed by atoms with Gasteiger partial charge in [0.15, 0.2) is 0 Å². The largest absolute Gasteiger partial charge is 0.416 e. The molecule has 3 aromatic carbocycles. The number of carbonyl (C=O) groups is 2. The minimum absolute atomic E-state index is 0.0220. The van der Waals surface area contributed by atoms with Crippen LogP contribution in [0.4, 0.5) is 18.9 Å². The van der Waals surface area contributed by atoms with E-state index in [1.165, 1.54) is 18.2 Å². The number of hydrogen-bond acceptors (Lipinski definition) is 4. The van der Waals surface area contributed by atoms with Crippen molar-refractivity contribution in [3.8, 4) is 0 Å². The Labute approximate surface area is 175 Å². The first-order valence-electron chi connectivity index (χ1n) is 9.04. The van der Waals surface area contributed by atoms with Crippen molar-refractivity contribution >= 4 is 38.3 Å². The van der Waals surface area contributed by atoms with Crippen molar-refractivity contribution in [2.24, 2.45) is 0 Å². The quantitative estimate of drug-likeness (QED) is 0.606. The lowest BCUT2D eigenvalue weighted by Gasteiger charge is -2.30.